The Balaban J connectivity index is 1.66. The van der Waals surface area contributed by atoms with E-state index in [1.54, 1.807) is 37.4 Å². The number of hydrogen-bond acceptors (Lipinski definition) is 7. The molecule has 1 aliphatic rings. The van der Waals surface area contributed by atoms with Gasteiger partial charge in [0.1, 0.15) is 10.6 Å². The summed E-state index contributed by atoms with van der Waals surface area (Å²) in [6.45, 7) is 1.27. The Morgan fingerprint density at radius 1 is 1.00 bits per heavy atom. The summed E-state index contributed by atoms with van der Waals surface area (Å²) in [5, 5.41) is 8.24. The van der Waals surface area contributed by atoms with Gasteiger partial charge in [0.2, 0.25) is 21.8 Å². The van der Waals surface area contributed by atoms with Gasteiger partial charge in [0.25, 0.3) is 0 Å². The average molecular weight is 436 g/mol. The van der Waals surface area contributed by atoms with Crippen molar-refractivity contribution in [1.29, 1.82) is 0 Å². The van der Waals surface area contributed by atoms with Crippen molar-refractivity contribution in [3.8, 4) is 28.7 Å². The number of ether oxygens (including phenoxy) is 2. The molecule has 0 aliphatic carbocycles. The molecule has 0 unspecified atom stereocenters. The van der Waals surface area contributed by atoms with Gasteiger partial charge < -0.3 is 13.9 Å². The summed E-state index contributed by atoms with van der Waals surface area (Å²) in [7, 11) is -2.17. The summed E-state index contributed by atoms with van der Waals surface area (Å²) in [6, 6.07) is 11.8. The molecule has 0 spiro atoms. The number of benzene rings is 2. The van der Waals surface area contributed by atoms with Gasteiger partial charge in [0, 0.05) is 24.2 Å². The second-order valence-electron chi connectivity index (χ2n) is 6.30. The quantitative estimate of drug-likeness (QED) is 0.607. The lowest BCUT2D eigenvalue weighted by atomic mass is 10.2. The van der Waals surface area contributed by atoms with Gasteiger partial charge in [-0.3, -0.25) is 0 Å². The summed E-state index contributed by atoms with van der Waals surface area (Å²) >= 11 is 6.20. The van der Waals surface area contributed by atoms with Crippen molar-refractivity contribution in [1.82, 2.24) is 14.5 Å². The first-order valence-electron chi connectivity index (χ1n) is 8.85. The molecule has 2 heterocycles. The Morgan fingerprint density at radius 2 is 1.62 bits per heavy atom. The van der Waals surface area contributed by atoms with E-state index in [-0.39, 0.29) is 28.9 Å². The Bertz CT molecular complexity index is 1110. The average Bonchev–Trinajstić information content (AvgIpc) is 3.25. The van der Waals surface area contributed by atoms with Crippen LogP contribution in [0, 0.1) is 0 Å². The second kappa shape index (κ2) is 8.11. The lowest BCUT2D eigenvalue weighted by Crippen LogP contribution is -2.40. The summed E-state index contributed by atoms with van der Waals surface area (Å²) in [5.74, 6) is 1.23. The van der Waals surface area contributed by atoms with Crippen LogP contribution in [0.25, 0.3) is 22.9 Å². The van der Waals surface area contributed by atoms with Crippen LogP contribution in [-0.2, 0) is 14.8 Å². The SMILES string of the molecule is COc1ccc(-c2nnc(-c3ccc(Cl)c(S(=O)(=O)N4CCOCC4)c3)o2)cc1. The molecule has 0 atom stereocenters. The number of hydrogen-bond donors (Lipinski definition) is 0. The Hall–Kier alpha value is -2.46. The van der Waals surface area contributed by atoms with Gasteiger partial charge in [-0.25, -0.2) is 8.42 Å². The van der Waals surface area contributed by atoms with Crippen LogP contribution in [0.4, 0.5) is 0 Å². The van der Waals surface area contributed by atoms with Crippen LogP contribution in [-0.4, -0.2) is 56.3 Å². The highest BCUT2D eigenvalue weighted by Crippen LogP contribution is 2.31. The largest absolute Gasteiger partial charge is 0.497 e. The minimum atomic E-state index is -3.76. The molecule has 1 aliphatic heterocycles. The molecule has 1 saturated heterocycles. The number of methoxy groups -OCH3 is 1. The zero-order valence-corrected chi connectivity index (χ0v) is 17.1. The van der Waals surface area contributed by atoms with E-state index in [9.17, 15) is 8.42 Å². The molecule has 0 saturated carbocycles. The summed E-state index contributed by atoms with van der Waals surface area (Å²) in [4.78, 5) is 0.00256. The van der Waals surface area contributed by atoms with Crippen LogP contribution < -0.4 is 4.74 Å². The number of morpholine rings is 1. The maximum atomic E-state index is 13.0. The van der Waals surface area contributed by atoms with E-state index in [1.165, 1.54) is 16.4 Å². The van der Waals surface area contributed by atoms with E-state index in [0.29, 0.717) is 30.4 Å². The predicted molar refractivity (Wildman–Crippen MR) is 106 cm³/mol. The van der Waals surface area contributed by atoms with Crippen LogP contribution in [0.3, 0.4) is 0 Å². The summed E-state index contributed by atoms with van der Waals surface area (Å²) < 4.78 is 43.5. The minimum absolute atomic E-state index is 0.00256. The summed E-state index contributed by atoms with van der Waals surface area (Å²) in [5.41, 5.74) is 1.19. The highest BCUT2D eigenvalue weighted by atomic mass is 35.5. The first-order chi connectivity index (χ1) is 14.0. The van der Waals surface area contributed by atoms with E-state index in [1.807, 2.05) is 0 Å². The monoisotopic (exact) mass is 435 g/mol. The van der Waals surface area contributed by atoms with Gasteiger partial charge in [0.05, 0.1) is 25.3 Å². The predicted octanol–water partition coefficient (Wildman–Crippen LogP) is 3.09. The van der Waals surface area contributed by atoms with Crippen LogP contribution in [0.5, 0.6) is 5.75 Å². The van der Waals surface area contributed by atoms with E-state index in [2.05, 4.69) is 10.2 Å². The molecule has 0 bridgehead atoms. The zero-order valence-electron chi connectivity index (χ0n) is 15.5. The Morgan fingerprint density at radius 3 is 2.28 bits per heavy atom. The number of sulfonamides is 1. The van der Waals surface area contributed by atoms with Gasteiger partial charge in [-0.1, -0.05) is 11.6 Å². The van der Waals surface area contributed by atoms with Gasteiger partial charge in [-0.05, 0) is 42.5 Å². The standard InChI is InChI=1S/C19H18ClN3O5S/c1-26-15-5-2-13(3-6-15)18-21-22-19(28-18)14-4-7-16(20)17(12-14)29(24,25)23-8-10-27-11-9-23/h2-7,12H,8-11H2,1H3. The smallest absolute Gasteiger partial charge is 0.248 e. The molecule has 1 fully saturated rings. The maximum absolute atomic E-state index is 13.0. The minimum Gasteiger partial charge on any atom is -0.497 e. The molecule has 0 amide bonds. The van der Waals surface area contributed by atoms with Crippen molar-refractivity contribution in [3.05, 3.63) is 47.5 Å². The molecular weight excluding hydrogens is 418 g/mol. The van der Waals surface area contributed by atoms with Crippen molar-refractivity contribution in [2.45, 2.75) is 4.90 Å². The normalized spacial score (nSPS) is 15.4. The molecular formula is C19H18ClN3O5S. The van der Waals surface area contributed by atoms with E-state index in [0.717, 1.165) is 5.56 Å². The van der Waals surface area contributed by atoms with Gasteiger partial charge >= 0.3 is 0 Å². The Kier molecular flexibility index (Phi) is 5.55. The highest BCUT2D eigenvalue weighted by molar-refractivity contribution is 7.89. The van der Waals surface area contributed by atoms with E-state index < -0.39 is 10.0 Å². The molecule has 0 N–H and O–H groups in total. The lowest BCUT2D eigenvalue weighted by Gasteiger charge is -2.26. The highest BCUT2D eigenvalue weighted by Gasteiger charge is 2.29. The molecule has 2 aromatic carbocycles. The number of nitrogens with zero attached hydrogens (tertiary/aromatic N) is 3. The molecule has 0 radical (unpaired) electrons. The Labute approximate surface area is 173 Å². The van der Waals surface area contributed by atoms with Crippen LogP contribution in [0.1, 0.15) is 0 Å². The van der Waals surface area contributed by atoms with Gasteiger partial charge in [-0.2, -0.15) is 4.31 Å². The third-order valence-electron chi connectivity index (χ3n) is 4.53. The fourth-order valence-electron chi connectivity index (χ4n) is 2.95. The first-order valence-corrected chi connectivity index (χ1v) is 10.7. The van der Waals surface area contributed by atoms with Crippen molar-refractivity contribution in [2.75, 3.05) is 33.4 Å². The number of halogens is 1. The van der Waals surface area contributed by atoms with Crippen molar-refractivity contribution >= 4 is 21.6 Å². The van der Waals surface area contributed by atoms with Crippen LogP contribution in [0.15, 0.2) is 51.8 Å². The third-order valence-corrected chi connectivity index (χ3v) is 6.91. The number of rotatable bonds is 5. The molecule has 3 aromatic rings. The molecule has 29 heavy (non-hydrogen) atoms. The first kappa shape index (κ1) is 19.8. The number of aromatic nitrogens is 2. The second-order valence-corrected chi connectivity index (χ2v) is 8.62. The molecule has 10 heteroatoms. The fourth-order valence-corrected chi connectivity index (χ4v) is 4.86. The van der Waals surface area contributed by atoms with E-state index in [4.69, 9.17) is 25.5 Å². The lowest BCUT2D eigenvalue weighted by molar-refractivity contribution is 0.0730. The zero-order chi connectivity index (χ0) is 20.4. The van der Waals surface area contributed by atoms with Crippen LogP contribution >= 0.6 is 11.6 Å². The molecule has 1 aromatic heterocycles. The maximum Gasteiger partial charge on any atom is 0.248 e. The van der Waals surface area contributed by atoms with Crippen molar-refractivity contribution in [2.24, 2.45) is 0 Å². The molecule has 8 nitrogen and oxygen atoms in total. The molecule has 152 valence electrons. The van der Waals surface area contributed by atoms with Gasteiger partial charge in [0.15, 0.2) is 0 Å². The van der Waals surface area contributed by atoms with Gasteiger partial charge in [-0.15, -0.1) is 10.2 Å². The topological polar surface area (TPSA) is 94.8 Å². The third kappa shape index (κ3) is 3.99. The van der Waals surface area contributed by atoms with Crippen molar-refractivity contribution in [3.63, 3.8) is 0 Å². The van der Waals surface area contributed by atoms with E-state index >= 15 is 0 Å². The fraction of sp³-hybridized carbons (Fsp3) is 0.263. The van der Waals surface area contributed by atoms with Crippen molar-refractivity contribution < 1.29 is 22.3 Å². The van der Waals surface area contributed by atoms with Crippen LogP contribution in [0.2, 0.25) is 5.02 Å². The molecule has 4 rings (SSSR count). The summed E-state index contributed by atoms with van der Waals surface area (Å²) in [6.07, 6.45) is 0.